The predicted octanol–water partition coefficient (Wildman–Crippen LogP) is 3.63. The van der Waals surface area contributed by atoms with Crippen molar-refractivity contribution in [2.24, 2.45) is 0 Å². The van der Waals surface area contributed by atoms with Crippen molar-refractivity contribution in [3.63, 3.8) is 0 Å². The number of aliphatic hydroxyl groups is 1. The van der Waals surface area contributed by atoms with Gasteiger partial charge in [0.25, 0.3) is 0 Å². The molecule has 0 aliphatic carbocycles. The summed E-state index contributed by atoms with van der Waals surface area (Å²) >= 11 is 5.68. The van der Waals surface area contributed by atoms with E-state index in [1.54, 1.807) is 37.4 Å². The fraction of sp³-hybridized carbons (Fsp3) is 0.200. The fourth-order valence-corrected chi connectivity index (χ4v) is 1.96. The Bertz CT molecular complexity index is 592. The molecule has 1 atom stereocenters. The molecule has 0 fully saturated rings. The third-order valence-electron chi connectivity index (χ3n) is 2.90. The molecule has 20 heavy (non-hydrogen) atoms. The Morgan fingerprint density at radius 3 is 2.80 bits per heavy atom. The Morgan fingerprint density at radius 1 is 1.30 bits per heavy atom. The first-order chi connectivity index (χ1) is 9.60. The van der Waals surface area contributed by atoms with Crippen LogP contribution < -0.4 is 10.1 Å². The van der Waals surface area contributed by atoms with Crippen molar-refractivity contribution in [3.8, 4) is 5.75 Å². The molecule has 2 aromatic rings. The molecule has 0 amide bonds. The number of halogens is 2. The lowest BCUT2D eigenvalue weighted by Gasteiger charge is -2.14. The van der Waals surface area contributed by atoms with E-state index in [0.29, 0.717) is 22.0 Å². The van der Waals surface area contributed by atoms with Gasteiger partial charge in [-0.05, 0) is 35.9 Å². The Kier molecular flexibility index (Phi) is 4.82. The van der Waals surface area contributed by atoms with Gasteiger partial charge in [-0.1, -0.05) is 23.7 Å². The maximum atomic E-state index is 13.6. The van der Waals surface area contributed by atoms with Crippen molar-refractivity contribution < 1.29 is 14.2 Å². The molecule has 0 saturated carbocycles. The van der Waals surface area contributed by atoms with Crippen molar-refractivity contribution in [2.45, 2.75) is 6.10 Å². The van der Waals surface area contributed by atoms with E-state index in [-0.39, 0.29) is 6.54 Å². The summed E-state index contributed by atoms with van der Waals surface area (Å²) < 4.78 is 18.7. The van der Waals surface area contributed by atoms with Crippen LogP contribution in [-0.2, 0) is 0 Å². The molecule has 0 aliphatic heterocycles. The Balaban J connectivity index is 2.02. The predicted molar refractivity (Wildman–Crippen MR) is 77.9 cm³/mol. The van der Waals surface area contributed by atoms with Crippen molar-refractivity contribution >= 4 is 17.3 Å². The van der Waals surface area contributed by atoms with E-state index in [1.165, 1.54) is 12.1 Å². The summed E-state index contributed by atoms with van der Waals surface area (Å²) in [5, 5.41) is 13.3. The van der Waals surface area contributed by atoms with Crippen LogP contribution in [-0.4, -0.2) is 18.8 Å². The fourth-order valence-electron chi connectivity index (χ4n) is 1.81. The first kappa shape index (κ1) is 14.6. The second-order valence-electron chi connectivity index (χ2n) is 4.30. The first-order valence-electron chi connectivity index (χ1n) is 6.11. The summed E-state index contributed by atoms with van der Waals surface area (Å²) in [6.07, 6.45) is -0.764. The maximum absolute atomic E-state index is 13.6. The second-order valence-corrected chi connectivity index (χ2v) is 4.73. The first-order valence-corrected chi connectivity index (χ1v) is 6.49. The number of rotatable bonds is 5. The van der Waals surface area contributed by atoms with E-state index < -0.39 is 11.9 Å². The summed E-state index contributed by atoms with van der Waals surface area (Å²) in [7, 11) is 1.56. The molecule has 106 valence electrons. The normalized spacial score (nSPS) is 12.0. The van der Waals surface area contributed by atoms with Crippen LogP contribution in [0.25, 0.3) is 0 Å². The highest BCUT2D eigenvalue weighted by molar-refractivity contribution is 6.30. The molecule has 0 heterocycles. The topological polar surface area (TPSA) is 41.5 Å². The third-order valence-corrected chi connectivity index (χ3v) is 3.13. The SMILES string of the molecule is COc1cccc(C(O)CNc2ccc(Cl)cc2F)c1. The lowest BCUT2D eigenvalue weighted by Crippen LogP contribution is -2.13. The highest BCUT2D eigenvalue weighted by atomic mass is 35.5. The number of hydrogen-bond acceptors (Lipinski definition) is 3. The number of methoxy groups -OCH3 is 1. The summed E-state index contributed by atoms with van der Waals surface area (Å²) in [4.78, 5) is 0. The Morgan fingerprint density at radius 2 is 2.10 bits per heavy atom. The molecule has 2 aromatic carbocycles. The molecule has 0 saturated heterocycles. The minimum absolute atomic E-state index is 0.186. The molecular weight excluding hydrogens is 281 g/mol. The quantitative estimate of drug-likeness (QED) is 0.885. The van der Waals surface area contributed by atoms with Crippen LogP contribution in [0.4, 0.5) is 10.1 Å². The molecular formula is C15H15ClFNO2. The van der Waals surface area contributed by atoms with Gasteiger partial charge in [0.2, 0.25) is 0 Å². The average molecular weight is 296 g/mol. The van der Waals surface area contributed by atoms with Gasteiger partial charge >= 0.3 is 0 Å². The molecule has 2 N–H and O–H groups in total. The molecule has 0 aliphatic rings. The van der Waals surface area contributed by atoms with Gasteiger partial charge < -0.3 is 15.2 Å². The smallest absolute Gasteiger partial charge is 0.147 e. The van der Waals surface area contributed by atoms with Crippen LogP contribution >= 0.6 is 11.6 Å². The molecule has 2 rings (SSSR count). The van der Waals surface area contributed by atoms with Crippen LogP contribution in [0.3, 0.4) is 0 Å². The van der Waals surface area contributed by atoms with Crippen LogP contribution in [0, 0.1) is 5.82 Å². The molecule has 0 bridgehead atoms. The molecule has 1 unspecified atom stereocenters. The zero-order chi connectivity index (χ0) is 14.5. The number of anilines is 1. The van der Waals surface area contributed by atoms with Crippen molar-refractivity contribution in [3.05, 3.63) is 58.9 Å². The molecule has 5 heteroatoms. The van der Waals surface area contributed by atoms with E-state index in [0.717, 1.165) is 0 Å². The highest BCUT2D eigenvalue weighted by Crippen LogP contribution is 2.22. The Labute approximate surface area is 122 Å². The van der Waals surface area contributed by atoms with Crippen molar-refractivity contribution in [1.82, 2.24) is 0 Å². The van der Waals surface area contributed by atoms with Gasteiger partial charge in [0.05, 0.1) is 18.9 Å². The molecule has 3 nitrogen and oxygen atoms in total. The number of ether oxygens (including phenoxy) is 1. The van der Waals surface area contributed by atoms with E-state index in [4.69, 9.17) is 16.3 Å². The highest BCUT2D eigenvalue weighted by Gasteiger charge is 2.10. The van der Waals surface area contributed by atoms with Crippen molar-refractivity contribution in [2.75, 3.05) is 19.0 Å². The van der Waals surface area contributed by atoms with Gasteiger partial charge in [0.1, 0.15) is 11.6 Å². The lowest BCUT2D eigenvalue weighted by atomic mass is 10.1. The maximum Gasteiger partial charge on any atom is 0.147 e. The minimum atomic E-state index is -0.764. The van der Waals surface area contributed by atoms with Crippen LogP contribution in [0.15, 0.2) is 42.5 Å². The molecule has 0 spiro atoms. The second kappa shape index (κ2) is 6.59. The summed E-state index contributed by atoms with van der Waals surface area (Å²) in [5.74, 6) is 0.217. The zero-order valence-corrected chi connectivity index (χ0v) is 11.7. The number of aliphatic hydroxyl groups excluding tert-OH is 1. The zero-order valence-electron chi connectivity index (χ0n) is 10.9. The molecule has 0 aromatic heterocycles. The van der Waals surface area contributed by atoms with Crippen LogP contribution in [0.2, 0.25) is 5.02 Å². The van der Waals surface area contributed by atoms with Gasteiger partial charge in [-0.15, -0.1) is 0 Å². The van der Waals surface area contributed by atoms with Crippen LogP contribution in [0.1, 0.15) is 11.7 Å². The average Bonchev–Trinajstić information content (AvgIpc) is 2.46. The monoisotopic (exact) mass is 295 g/mol. The van der Waals surface area contributed by atoms with Gasteiger partial charge in [-0.3, -0.25) is 0 Å². The lowest BCUT2D eigenvalue weighted by molar-refractivity contribution is 0.191. The van der Waals surface area contributed by atoms with E-state index in [2.05, 4.69) is 5.32 Å². The van der Waals surface area contributed by atoms with E-state index >= 15 is 0 Å². The standard InChI is InChI=1S/C15H15ClFNO2/c1-20-12-4-2-3-10(7-12)15(19)9-18-14-6-5-11(16)8-13(14)17/h2-8,15,18-19H,9H2,1H3. The van der Waals surface area contributed by atoms with E-state index in [9.17, 15) is 9.50 Å². The van der Waals surface area contributed by atoms with Gasteiger partial charge in [-0.2, -0.15) is 0 Å². The summed E-state index contributed by atoms with van der Waals surface area (Å²) in [6, 6.07) is 11.5. The van der Waals surface area contributed by atoms with Crippen LogP contribution in [0.5, 0.6) is 5.75 Å². The van der Waals surface area contributed by atoms with Gasteiger partial charge in [-0.25, -0.2) is 4.39 Å². The summed E-state index contributed by atoms with van der Waals surface area (Å²) in [6.45, 7) is 0.186. The van der Waals surface area contributed by atoms with Gasteiger partial charge in [0.15, 0.2) is 0 Å². The molecule has 0 radical (unpaired) electrons. The minimum Gasteiger partial charge on any atom is -0.497 e. The number of nitrogens with one attached hydrogen (secondary N) is 1. The van der Waals surface area contributed by atoms with E-state index in [1.807, 2.05) is 0 Å². The largest absolute Gasteiger partial charge is 0.497 e. The number of benzene rings is 2. The summed E-state index contributed by atoms with van der Waals surface area (Å²) in [5.41, 5.74) is 1.00. The number of hydrogen-bond donors (Lipinski definition) is 2. The third kappa shape index (κ3) is 3.62. The Hall–Kier alpha value is -1.78. The van der Waals surface area contributed by atoms with Gasteiger partial charge in [0, 0.05) is 11.6 Å². The van der Waals surface area contributed by atoms with Crippen molar-refractivity contribution in [1.29, 1.82) is 0 Å².